The van der Waals surface area contributed by atoms with E-state index in [-0.39, 0.29) is 6.10 Å². The molecule has 1 aliphatic heterocycles. The van der Waals surface area contributed by atoms with E-state index in [9.17, 15) is 0 Å². The molecule has 1 saturated heterocycles. The van der Waals surface area contributed by atoms with Crippen molar-refractivity contribution < 1.29 is 9.47 Å². The third-order valence-corrected chi connectivity index (χ3v) is 3.49. The molecule has 0 radical (unpaired) electrons. The van der Waals surface area contributed by atoms with E-state index in [2.05, 4.69) is 20.6 Å². The van der Waals surface area contributed by atoms with Gasteiger partial charge < -0.3 is 20.1 Å². The Morgan fingerprint density at radius 1 is 1.41 bits per heavy atom. The lowest BCUT2D eigenvalue weighted by atomic mass is 10.2. The predicted molar refractivity (Wildman–Crippen MR) is 87.1 cm³/mol. The van der Waals surface area contributed by atoms with Crippen molar-refractivity contribution >= 4 is 5.96 Å². The normalized spacial score (nSPS) is 18.4. The van der Waals surface area contributed by atoms with Crippen molar-refractivity contribution in [2.45, 2.75) is 25.4 Å². The third kappa shape index (κ3) is 6.41. The fraction of sp³-hybridized carbons (Fsp3) is 0.625. The zero-order chi connectivity index (χ0) is 15.5. The summed E-state index contributed by atoms with van der Waals surface area (Å²) < 4.78 is 11.1. The highest BCUT2D eigenvalue weighted by atomic mass is 16.5. The van der Waals surface area contributed by atoms with E-state index in [1.807, 2.05) is 24.4 Å². The fourth-order valence-corrected chi connectivity index (χ4v) is 2.31. The minimum Gasteiger partial charge on any atom is -0.377 e. The fourth-order valence-electron chi connectivity index (χ4n) is 2.31. The van der Waals surface area contributed by atoms with Gasteiger partial charge in [-0.1, -0.05) is 6.07 Å². The van der Waals surface area contributed by atoms with Gasteiger partial charge in [0.25, 0.3) is 0 Å². The summed E-state index contributed by atoms with van der Waals surface area (Å²) in [6, 6.07) is 5.95. The molecule has 1 atom stereocenters. The summed E-state index contributed by atoms with van der Waals surface area (Å²) in [6.45, 7) is 3.75. The van der Waals surface area contributed by atoms with Crippen molar-refractivity contribution in [3.05, 3.63) is 30.1 Å². The van der Waals surface area contributed by atoms with E-state index in [4.69, 9.17) is 9.47 Å². The molecule has 2 N–H and O–H groups in total. The molecule has 0 saturated carbocycles. The van der Waals surface area contributed by atoms with Crippen molar-refractivity contribution in [1.82, 2.24) is 15.6 Å². The van der Waals surface area contributed by atoms with Crippen molar-refractivity contribution in [2.24, 2.45) is 4.99 Å². The van der Waals surface area contributed by atoms with Crippen molar-refractivity contribution in [2.75, 3.05) is 40.0 Å². The Kier molecular flexibility index (Phi) is 7.69. The zero-order valence-corrected chi connectivity index (χ0v) is 13.3. The number of guanidine groups is 1. The van der Waals surface area contributed by atoms with E-state index in [0.717, 1.165) is 50.6 Å². The molecule has 2 rings (SSSR count). The molecular weight excluding hydrogens is 280 g/mol. The second kappa shape index (κ2) is 10.1. The Labute approximate surface area is 132 Å². The monoisotopic (exact) mass is 306 g/mol. The van der Waals surface area contributed by atoms with Gasteiger partial charge in [-0.25, -0.2) is 0 Å². The standard InChI is InChI=1S/C16H26N4O2/c1-17-16(19-9-7-14-5-2-3-8-18-14)20-10-12-21-13-15-6-4-11-22-15/h2-3,5,8,15H,4,6-7,9-13H2,1H3,(H2,17,19,20). The molecule has 0 amide bonds. The van der Waals surface area contributed by atoms with E-state index in [0.29, 0.717) is 13.2 Å². The summed E-state index contributed by atoms with van der Waals surface area (Å²) in [5.74, 6) is 0.789. The van der Waals surface area contributed by atoms with Crippen LogP contribution < -0.4 is 10.6 Å². The van der Waals surface area contributed by atoms with Crippen LogP contribution in [0.25, 0.3) is 0 Å². The number of pyridine rings is 1. The number of nitrogens with one attached hydrogen (secondary N) is 2. The Balaban J connectivity index is 1.51. The van der Waals surface area contributed by atoms with Crippen LogP contribution in [0.3, 0.4) is 0 Å². The molecular formula is C16H26N4O2. The molecule has 0 aliphatic carbocycles. The number of rotatable bonds is 8. The highest BCUT2D eigenvalue weighted by Crippen LogP contribution is 2.11. The van der Waals surface area contributed by atoms with Crippen molar-refractivity contribution in [3.63, 3.8) is 0 Å². The highest BCUT2D eigenvalue weighted by molar-refractivity contribution is 5.79. The van der Waals surface area contributed by atoms with Crippen LogP contribution in [-0.2, 0) is 15.9 Å². The van der Waals surface area contributed by atoms with Gasteiger partial charge in [0.1, 0.15) is 0 Å². The molecule has 1 fully saturated rings. The number of hydrogen-bond acceptors (Lipinski definition) is 4. The maximum atomic E-state index is 5.61. The first kappa shape index (κ1) is 16.7. The molecule has 122 valence electrons. The average Bonchev–Trinajstić information content (AvgIpc) is 3.07. The second-order valence-electron chi connectivity index (χ2n) is 5.21. The molecule has 22 heavy (non-hydrogen) atoms. The predicted octanol–water partition coefficient (Wildman–Crippen LogP) is 0.985. The Bertz CT molecular complexity index is 433. The molecule has 1 aromatic rings. The highest BCUT2D eigenvalue weighted by Gasteiger charge is 2.14. The Hall–Kier alpha value is -1.66. The number of aromatic nitrogens is 1. The van der Waals surface area contributed by atoms with Crippen LogP contribution in [0, 0.1) is 0 Å². The topological polar surface area (TPSA) is 67.8 Å². The van der Waals surface area contributed by atoms with Gasteiger partial charge in [-0.15, -0.1) is 0 Å². The first-order chi connectivity index (χ1) is 10.9. The van der Waals surface area contributed by atoms with E-state index >= 15 is 0 Å². The van der Waals surface area contributed by atoms with Gasteiger partial charge in [-0.05, 0) is 25.0 Å². The van der Waals surface area contributed by atoms with E-state index < -0.39 is 0 Å². The molecule has 1 aromatic heterocycles. The van der Waals surface area contributed by atoms with Crippen LogP contribution in [0.1, 0.15) is 18.5 Å². The SMILES string of the molecule is CN=C(NCCOCC1CCCO1)NCCc1ccccn1. The van der Waals surface area contributed by atoms with Gasteiger partial charge in [-0.2, -0.15) is 0 Å². The van der Waals surface area contributed by atoms with Crippen LogP contribution in [0.5, 0.6) is 0 Å². The van der Waals surface area contributed by atoms with Gasteiger partial charge >= 0.3 is 0 Å². The lowest BCUT2D eigenvalue weighted by Crippen LogP contribution is -2.40. The van der Waals surface area contributed by atoms with Crippen LogP contribution in [0.2, 0.25) is 0 Å². The number of ether oxygens (including phenoxy) is 2. The molecule has 2 heterocycles. The summed E-state index contributed by atoms with van der Waals surface area (Å²) >= 11 is 0. The molecule has 6 heteroatoms. The largest absolute Gasteiger partial charge is 0.377 e. The molecule has 1 unspecified atom stereocenters. The molecule has 6 nitrogen and oxygen atoms in total. The van der Waals surface area contributed by atoms with Crippen LogP contribution in [0.15, 0.2) is 29.4 Å². The van der Waals surface area contributed by atoms with Crippen LogP contribution in [-0.4, -0.2) is 57.0 Å². The summed E-state index contributed by atoms with van der Waals surface area (Å²) in [5, 5.41) is 6.50. The Morgan fingerprint density at radius 3 is 3.05 bits per heavy atom. The minimum atomic E-state index is 0.288. The number of aliphatic imine (C=N–C) groups is 1. The second-order valence-corrected chi connectivity index (χ2v) is 5.21. The maximum Gasteiger partial charge on any atom is 0.191 e. The molecule has 0 bridgehead atoms. The first-order valence-electron chi connectivity index (χ1n) is 7.92. The first-order valence-corrected chi connectivity index (χ1v) is 7.92. The summed E-state index contributed by atoms with van der Waals surface area (Å²) in [4.78, 5) is 8.48. The van der Waals surface area contributed by atoms with Crippen molar-refractivity contribution in [3.8, 4) is 0 Å². The minimum absolute atomic E-state index is 0.288. The average molecular weight is 306 g/mol. The smallest absolute Gasteiger partial charge is 0.191 e. The molecule has 1 aliphatic rings. The lowest BCUT2D eigenvalue weighted by Gasteiger charge is -2.13. The summed E-state index contributed by atoms with van der Waals surface area (Å²) in [5.41, 5.74) is 1.07. The maximum absolute atomic E-state index is 5.61. The number of nitrogens with zero attached hydrogens (tertiary/aromatic N) is 2. The quantitative estimate of drug-likeness (QED) is 0.426. The van der Waals surface area contributed by atoms with E-state index in [1.54, 1.807) is 7.05 Å². The third-order valence-electron chi connectivity index (χ3n) is 3.49. The van der Waals surface area contributed by atoms with Gasteiger partial charge in [0, 0.05) is 45.1 Å². The molecule has 0 spiro atoms. The van der Waals surface area contributed by atoms with Gasteiger partial charge in [0.2, 0.25) is 0 Å². The summed E-state index contributed by atoms with van der Waals surface area (Å²) in [6.07, 6.45) is 5.24. The van der Waals surface area contributed by atoms with E-state index in [1.165, 1.54) is 0 Å². The van der Waals surface area contributed by atoms with Gasteiger partial charge in [0.15, 0.2) is 5.96 Å². The van der Waals surface area contributed by atoms with Gasteiger partial charge in [0.05, 0.1) is 19.3 Å². The van der Waals surface area contributed by atoms with Crippen molar-refractivity contribution in [1.29, 1.82) is 0 Å². The van der Waals surface area contributed by atoms with Gasteiger partial charge in [-0.3, -0.25) is 9.98 Å². The molecule has 0 aromatic carbocycles. The number of hydrogen-bond donors (Lipinski definition) is 2. The lowest BCUT2D eigenvalue weighted by molar-refractivity contribution is 0.0191. The zero-order valence-electron chi connectivity index (χ0n) is 13.3. The van der Waals surface area contributed by atoms with Crippen LogP contribution in [0.4, 0.5) is 0 Å². The summed E-state index contributed by atoms with van der Waals surface area (Å²) in [7, 11) is 1.77. The van der Waals surface area contributed by atoms with Crippen LogP contribution >= 0.6 is 0 Å². The Morgan fingerprint density at radius 2 is 2.32 bits per heavy atom.